The Kier molecular flexibility index (Phi) is 8.39. The van der Waals surface area contributed by atoms with E-state index in [-0.39, 0.29) is 23.0 Å². The minimum Gasteiger partial charge on any atom is -0.486 e. The fraction of sp³-hybridized carbons (Fsp3) is 0.385. The molecular weight excluding hydrogens is 743 g/mol. The van der Waals surface area contributed by atoms with E-state index in [2.05, 4.69) is 160 Å². The van der Waals surface area contributed by atoms with Crippen molar-refractivity contribution in [2.75, 3.05) is 36.2 Å². The van der Waals surface area contributed by atoms with Crippen molar-refractivity contribution in [3.63, 3.8) is 0 Å². The number of hydrogen-bond donors (Lipinski definition) is 0. The van der Waals surface area contributed by atoms with Crippen LogP contribution in [0.4, 0.5) is 34.3 Å². The molecular formula is C52H57BN2O5. The first kappa shape index (κ1) is 38.7. The SMILES string of the molecule is Cc1cc(C(C)(C)C)cc(C)c1N1c2cc3c(cc2B2c4c1cc(C(C)(C)C)cc4N(c1c(C)cc4c(c1C)OCCO4)c1oc4ccc(C(C)(C)C)cc4c12)OCCO3. The maximum Gasteiger partial charge on any atom is 0.257 e. The number of aryl methyl sites for hydroxylation is 3. The van der Waals surface area contributed by atoms with Gasteiger partial charge in [-0.2, -0.15) is 0 Å². The van der Waals surface area contributed by atoms with E-state index < -0.39 is 0 Å². The van der Waals surface area contributed by atoms with E-state index in [1.807, 2.05) is 0 Å². The lowest BCUT2D eigenvalue weighted by Crippen LogP contribution is -2.61. The molecule has 0 aliphatic carbocycles. The van der Waals surface area contributed by atoms with Crippen molar-refractivity contribution < 1.29 is 23.4 Å². The van der Waals surface area contributed by atoms with Gasteiger partial charge in [0.05, 0.1) is 11.4 Å². The van der Waals surface area contributed by atoms with Gasteiger partial charge < -0.3 is 28.3 Å². The normalized spacial score (nSPS) is 15.6. The van der Waals surface area contributed by atoms with Crippen LogP contribution in [-0.4, -0.2) is 33.1 Å². The molecule has 7 nitrogen and oxygen atoms in total. The fourth-order valence-electron chi connectivity index (χ4n) is 10.00. The summed E-state index contributed by atoms with van der Waals surface area (Å²) in [6.07, 6.45) is 0. The van der Waals surface area contributed by atoms with E-state index in [0.717, 1.165) is 84.7 Å². The van der Waals surface area contributed by atoms with Crippen molar-refractivity contribution in [3.05, 3.63) is 99.6 Å². The maximum absolute atomic E-state index is 7.26. The molecule has 0 amide bonds. The van der Waals surface area contributed by atoms with Gasteiger partial charge in [0.25, 0.3) is 6.71 Å². The molecule has 308 valence electrons. The molecule has 0 fully saturated rings. The van der Waals surface area contributed by atoms with E-state index >= 15 is 0 Å². The van der Waals surface area contributed by atoms with Gasteiger partial charge in [0.2, 0.25) is 5.88 Å². The third kappa shape index (κ3) is 5.76. The second-order valence-corrected chi connectivity index (χ2v) is 20.5. The predicted molar refractivity (Wildman–Crippen MR) is 247 cm³/mol. The van der Waals surface area contributed by atoms with Crippen LogP contribution in [0.15, 0.2) is 65.1 Å². The number of rotatable bonds is 2. The molecule has 0 unspecified atom stereocenters. The van der Waals surface area contributed by atoms with E-state index in [9.17, 15) is 0 Å². The van der Waals surface area contributed by atoms with Crippen LogP contribution in [0.25, 0.3) is 11.0 Å². The molecule has 1 aromatic heterocycles. The van der Waals surface area contributed by atoms with Crippen LogP contribution in [0, 0.1) is 27.7 Å². The summed E-state index contributed by atoms with van der Waals surface area (Å²) in [5.74, 6) is 3.95. The van der Waals surface area contributed by atoms with Crippen molar-refractivity contribution >= 4 is 68.4 Å². The number of furan rings is 1. The highest BCUT2D eigenvalue weighted by Gasteiger charge is 2.49. The molecule has 0 bridgehead atoms. The lowest BCUT2D eigenvalue weighted by molar-refractivity contribution is 0.170. The number of benzene rings is 5. The second-order valence-electron chi connectivity index (χ2n) is 20.5. The summed E-state index contributed by atoms with van der Waals surface area (Å²) in [5.41, 5.74) is 18.1. The highest BCUT2D eigenvalue weighted by molar-refractivity contribution is 7.01. The quantitative estimate of drug-likeness (QED) is 0.161. The lowest BCUT2D eigenvalue weighted by Gasteiger charge is -2.45. The molecule has 8 heteroatoms. The van der Waals surface area contributed by atoms with Crippen molar-refractivity contribution in [1.29, 1.82) is 0 Å². The number of hydrogen-bond acceptors (Lipinski definition) is 7. The molecule has 6 aromatic rings. The first-order valence-electron chi connectivity index (χ1n) is 21.6. The zero-order valence-corrected chi connectivity index (χ0v) is 37.6. The Balaban J connectivity index is 1.38. The number of nitrogens with zero attached hydrogens (tertiary/aromatic N) is 2. The van der Waals surface area contributed by atoms with Crippen LogP contribution < -0.4 is 45.1 Å². The van der Waals surface area contributed by atoms with E-state index in [1.54, 1.807) is 0 Å². The van der Waals surface area contributed by atoms with Gasteiger partial charge >= 0.3 is 0 Å². The van der Waals surface area contributed by atoms with Crippen LogP contribution in [-0.2, 0) is 16.2 Å². The first-order chi connectivity index (χ1) is 28.3. The molecule has 10 rings (SSSR count). The zero-order valence-electron chi connectivity index (χ0n) is 37.6. The van der Waals surface area contributed by atoms with Gasteiger partial charge in [-0.15, -0.1) is 0 Å². The Bertz CT molecular complexity index is 2770. The summed E-state index contributed by atoms with van der Waals surface area (Å²) >= 11 is 0. The first-order valence-corrected chi connectivity index (χ1v) is 21.6. The summed E-state index contributed by atoms with van der Waals surface area (Å²) in [4.78, 5) is 4.94. The van der Waals surface area contributed by atoms with Crippen molar-refractivity contribution in [2.45, 2.75) is 106 Å². The molecule has 0 saturated carbocycles. The van der Waals surface area contributed by atoms with E-state index in [1.165, 1.54) is 39.0 Å². The number of anilines is 6. The molecule has 0 atom stereocenters. The Morgan fingerprint density at radius 3 is 1.68 bits per heavy atom. The lowest BCUT2D eigenvalue weighted by atomic mass is 9.33. The van der Waals surface area contributed by atoms with Crippen LogP contribution in [0.1, 0.15) is 101 Å². The van der Waals surface area contributed by atoms with Gasteiger partial charge in [0, 0.05) is 39.5 Å². The van der Waals surface area contributed by atoms with Gasteiger partial charge in [0.1, 0.15) is 32.0 Å². The molecule has 0 spiro atoms. The Morgan fingerprint density at radius 1 is 0.500 bits per heavy atom. The highest BCUT2D eigenvalue weighted by Crippen LogP contribution is 2.53. The summed E-state index contributed by atoms with van der Waals surface area (Å²) in [6.45, 7) is 31.4. The van der Waals surface area contributed by atoms with Crippen LogP contribution in [0.3, 0.4) is 0 Å². The minimum atomic E-state index is -0.182. The topological polar surface area (TPSA) is 56.5 Å². The molecule has 0 saturated heterocycles. The van der Waals surface area contributed by atoms with Crippen LogP contribution in [0.2, 0.25) is 0 Å². The second kappa shape index (κ2) is 13.0. The monoisotopic (exact) mass is 800 g/mol. The molecule has 5 aromatic carbocycles. The standard InChI is InChI=1S/C52H57BN2O5/c1-28-20-33(51(8,9)10)21-29(2)46(28)54-37-27-42-41(56-16-17-57-42)26-36(37)53-44-35-23-32(50(5,6)7)14-15-40(35)60-49(44)55(39-25-34(52(11,12)13)24-38(54)45(39)53)47-30(3)22-43-48(31(47)4)59-19-18-58-43/h14-15,20-27H,16-19H2,1-13H3. The summed E-state index contributed by atoms with van der Waals surface area (Å²) < 4.78 is 32.7. The average molecular weight is 801 g/mol. The van der Waals surface area contributed by atoms with Gasteiger partial charge in [-0.3, -0.25) is 4.90 Å². The van der Waals surface area contributed by atoms with Crippen molar-refractivity contribution in [3.8, 4) is 23.0 Å². The summed E-state index contributed by atoms with van der Waals surface area (Å²) in [6, 6.07) is 23.0. The Morgan fingerprint density at radius 2 is 1.05 bits per heavy atom. The van der Waals surface area contributed by atoms with Crippen LogP contribution in [0.5, 0.6) is 23.0 Å². The summed E-state index contributed by atoms with van der Waals surface area (Å²) in [5, 5.41) is 1.12. The third-order valence-corrected chi connectivity index (χ3v) is 13.1. The zero-order chi connectivity index (χ0) is 42.4. The van der Waals surface area contributed by atoms with E-state index in [4.69, 9.17) is 23.4 Å². The van der Waals surface area contributed by atoms with E-state index in [0.29, 0.717) is 26.4 Å². The minimum absolute atomic E-state index is 0.000974. The fourth-order valence-corrected chi connectivity index (χ4v) is 10.00. The smallest absolute Gasteiger partial charge is 0.257 e. The average Bonchev–Trinajstić information content (AvgIpc) is 3.56. The van der Waals surface area contributed by atoms with Gasteiger partial charge in [-0.05, 0) is 125 Å². The van der Waals surface area contributed by atoms with Crippen molar-refractivity contribution in [1.82, 2.24) is 0 Å². The summed E-state index contributed by atoms with van der Waals surface area (Å²) in [7, 11) is 0. The van der Waals surface area contributed by atoms with Crippen molar-refractivity contribution in [2.24, 2.45) is 0 Å². The van der Waals surface area contributed by atoms with Gasteiger partial charge in [-0.25, -0.2) is 0 Å². The largest absolute Gasteiger partial charge is 0.486 e. The molecule has 5 heterocycles. The third-order valence-electron chi connectivity index (χ3n) is 13.1. The molecule has 4 aliphatic heterocycles. The predicted octanol–water partition coefficient (Wildman–Crippen LogP) is 11.2. The maximum atomic E-state index is 7.26. The number of ether oxygens (including phenoxy) is 4. The Labute approximate surface area is 355 Å². The molecule has 0 radical (unpaired) electrons. The van der Waals surface area contributed by atoms with Gasteiger partial charge in [0.15, 0.2) is 23.0 Å². The highest BCUT2D eigenvalue weighted by atomic mass is 16.6. The molecule has 0 N–H and O–H groups in total. The van der Waals surface area contributed by atoms with Crippen LogP contribution >= 0.6 is 0 Å². The van der Waals surface area contributed by atoms with Gasteiger partial charge in [-0.1, -0.05) is 80.5 Å². The molecule has 4 aliphatic rings. The number of fused-ring (bicyclic) bond motifs is 8. The Hall–Kier alpha value is -5.50. The molecule has 60 heavy (non-hydrogen) atoms.